The first-order valence-electron chi connectivity index (χ1n) is 7.99. The molecule has 0 saturated carbocycles. The highest BCUT2D eigenvalue weighted by Gasteiger charge is 2.29. The topological polar surface area (TPSA) is 26.7 Å². The summed E-state index contributed by atoms with van der Waals surface area (Å²) < 4.78 is 0. The van der Waals surface area contributed by atoms with Crippen molar-refractivity contribution in [2.75, 3.05) is 31.1 Å². The summed E-state index contributed by atoms with van der Waals surface area (Å²) in [7, 11) is 0. The van der Waals surface area contributed by atoms with Crippen LogP contribution in [0.4, 0.5) is 5.69 Å². The highest BCUT2D eigenvalue weighted by atomic mass is 16.3. The zero-order valence-corrected chi connectivity index (χ0v) is 12.7. The molecule has 0 aromatic heterocycles. The minimum Gasteiger partial charge on any atom is -0.389 e. The lowest BCUT2D eigenvalue weighted by atomic mass is 10.0. The lowest BCUT2D eigenvalue weighted by Crippen LogP contribution is -2.44. The van der Waals surface area contributed by atoms with Crippen molar-refractivity contribution in [1.82, 2.24) is 4.90 Å². The first-order chi connectivity index (χ1) is 9.69. The van der Waals surface area contributed by atoms with Gasteiger partial charge in [-0.2, -0.15) is 0 Å². The minimum atomic E-state index is -0.371. The van der Waals surface area contributed by atoms with Gasteiger partial charge in [0.15, 0.2) is 0 Å². The average molecular weight is 274 g/mol. The molecule has 1 aromatic carbocycles. The van der Waals surface area contributed by atoms with Crippen molar-refractivity contribution in [3.8, 4) is 0 Å². The molecule has 2 aliphatic heterocycles. The molecule has 1 N–H and O–H groups in total. The quantitative estimate of drug-likeness (QED) is 0.918. The van der Waals surface area contributed by atoms with Crippen LogP contribution in [0.2, 0.25) is 0 Å². The number of fused-ring (bicyclic) bond motifs is 1. The molecule has 3 heteroatoms. The molecule has 0 radical (unpaired) electrons. The van der Waals surface area contributed by atoms with E-state index in [1.807, 2.05) is 6.92 Å². The van der Waals surface area contributed by atoms with E-state index in [0.717, 1.165) is 18.5 Å². The molecule has 1 atom stereocenters. The number of nitrogens with zero attached hydrogens (tertiary/aromatic N) is 2. The van der Waals surface area contributed by atoms with Gasteiger partial charge in [0.2, 0.25) is 0 Å². The van der Waals surface area contributed by atoms with E-state index in [0.29, 0.717) is 6.04 Å². The van der Waals surface area contributed by atoms with Gasteiger partial charge in [-0.1, -0.05) is 19.1 Å². The Bertz CT molecular complexity index is 464. The van der Waals surface area contributed by atoms with Crippen molar-refractivity contribution in [2.45, 2.75) is 45.3 Å². The lowest BCUT2D eigenvalue weighted by Gasteiger charge is -2.37. The van der Waals surface area contributed by atoms with Gasteiger partial charge in [-0.05, 0) is 49.9 Å². The molecule has 1 saturated heterocycles. The van der Waals surface area contributed by atoms with E-state index in [2.05, 4.69) is 34.9 Å². The molecule has 0 amide bonds. The number of aliphatic hydroxyl groups excluding tert-OH is 1. The van der Waals surface area contributed by atoms with Crippen LogP contribution in [0, 0.1) is 0 Å². The number of benzene rings is 1. The van der Waals surface area contributed by atoms with Gasteiger partial charge < -0.3 is 14.9 Å². The fraction of sp³-hybridized carbons (Fsp3) is 0.647. The highest BCUT2D eigenvalue weighted by Crippen LogP contribution is 2.34. The fourth-order valence-electron chi connectivity index (χ4n) is 3.61. The maximum absolute atomic E-state index is 9.79. The standard InChI is InChI=1S/C17H26N2O/c1-3-18-9-7-16(8-10-18)19-11-6-14-4-5-15(13(2)20)12-17(14)19/h4-5,12-13,16,20H,3,6-11H2,1-2H3. The van der Waals surface area contributed by atoms with Gasteiger partial charge in [0.1, 0.15) is 0 Å². The molecule has 2 aliphatic rings. The van der Waals surface area contributed by atoms with Crippen molar-refractivity contribution in [1.29, 1.82) is 0 Å². The number of likely N-dealkylation sites (tertiary alicyclic amines) is 1. The Morgan fingerprint density at radius 3 is 2.65 bits per heavy atom. The molecular formula is C17H26N2O. The molecule has 20 heavy (non-hydrogen) atoms. The van der Waals surface area contributed by atoms with Crippen molar-refractivity contribution >= 4 is 5.69 Å². The van der Waals surface area contributed by atoms with E-state index in [4.69, 9.17) is 0 Å². The highest BCUT2D eigenvalue weighted by molar-refractivity contribution is 5.60. The van der Waals surface area contributed by atoms with Gasteiger partial charge in [-0.15, -0.1) is 0 Å². The third-order valence-corrected chi connectivity index (χ3v) is 4.97. The van der Waals surface area contributed by atoms with Gasteiger partial charge in [0.25, 0.3) is 0 Å². The summed E-state index contributed by atoms with van der Waals surface area (Å²) >= 11 is 0. The minimum absolute atomic E-state index is 0.371. The second-order valence-electron chi connectivity index (χ2n) is 6.17. The number of hydrogen-bond acceptors (Lipinski definition) is 3. The van der Waals surface area contributed by atoms with Crippen molar-refractivity contribution < 1.29 is 5.11 Å². The van der Waals surface area contributed by atoms with Gasteiger partial charge in [-0.3, -0.25) is 0 Å². The Morgan fingerprint density at radius 2 is 2.00 bits per heavy atom. The van der Waals surface area contributed by atoms with Crippen LogP contribution in [0.5, 0.6) is 0 Å². The molecule has 110 valence electrons. The van der Waals surface area contributed by atoms with Crippen LogP contribution in [0.3, 0.4) is 0 Å². The van der Waals surface area contributed by atoms with Crippen LogP contribution < -0.4 is 4.90 Å². The first kappa shape index (κ1) is 13.9. The van der Waals surface area contributed by atoms with E-state index in [9.17, 15) is 5.11 Å². The molecule has 0 bridgehead atoms. The summed E-state index contributed by atoms with van der Waals surface area (Å²) in [6.07, 6.45) is 3.33. The second-order valence-corrected chi connectivity index (χ2v) is 6.17. The van der Waals surface area contributed by atoms with E-state index < -0.39 is 0 Å². The zero-order chi connectivity index (χ0) is 14.1. The van der Waals surface area contributed by atoms with Gasteiger partial charge >= 0.3 is 0 Å². The van der Waals surface area contributed by atoms with E-state index in [1.54, 1.807) is 0 Å². The molecular weight excluding hydrogens is 248 g/mol. The molecule has 1 fully saturated rings. The predicted octanol–water partition coefficient (Wildman–Crippen LogP) is 2.59. The summed E-state index contributed by atoms with van der Waals surface area (Å²) in [5, 5.41) is 9.79. The molecule has 3 rings (SSSR count). The Morgan fingerprint density at radius 1 is 1.25 bits per heavy atom. The Kier molecular flexibility index (Phi) is 3.99. The molecule has 1 aromatic rings. The maximum Gasteiger partial charge on any atom is 0.0762 e. The van der Waals surface area contributed by atoms with Crippen LogP contribution in [-0.2, 0) is 6.42 Å². The summed E-state index contributed by atoms with van der Waals surface area (Å²) in [6.45, 7) is 8.87. The smallest absolute Gasteiger partial charge is 0.0762 e. The zero-order valence-electron chi connectivity index (χ0n) is 12.7. The maximum atomic E-state index is 9.79. The van der Waals surface area contributed by atoms with Crippen LogP contribution >= 0.6 is 0 Å². The molecule has 0 spiro atoms. The van der Waals surface area contributed by atoms with Crippen molar-refractivity contribution in [3.05, 3.63) is 29.3 Å². The van der Waals surface area contributed by atoms with Gasteiger partial charge in [0, 0.05) is 31.4 Å². The van der Waals surface area contributed by atoms with Crippen molar-refractivity contribution in [2.24, 2.45) is 0 Å². The van der Waals surface area contributed by atoms with Crippen molar-refractivity contribution in [3.63, 3.8) is 0 Å². The number of rotatable bonds is 3. The van der Waals surface area contributed by atoms with E-state index >= 15 is 0 Å². The second kappa shape index (κ2) is 5.74. The predicted molar refractivity (Wildman–Crippen MR) is 83.3 cm³/mol. The number of aliphatic hydroxyl groups is 1. The third-order valence-electron chi connectivity index (χ3n) is 4.97. The molecule has 0 aliphatic carbocycles. The van der Waals surface area contributed by atoms with Crippen LogP contribution in [0.1, 0.15) is 43.9 Å². The Labute approximate surface area is 122 Å². The van der Waals surface area contributed by atoms with Gasteiger partial charge in [0.05, 0.1) is 6.10 Å². The van der Waals surface area contributed by atoms with Crippen LogP contribution in [0.25, 0.3) is 0 Å². The number of piperidine rings is 1. The molecule has 2 heterocycles. The monoisotopic (exact) mass is 274 g/mol. The SMILES string of the molecule is CCN1CCC(N2CCc3ccc(C(C)O)cc32)CC1. The average Bonchev–Trinajstić information content (AvgIpc) is 2.90. The third kappa shape index (κ3) is 2.57. The number of hydrogen-bond donors (Lipinski definition) is 1. The summed E-state index contributed by atoms with van der Waals surface area (Å²) in [5.74, 6) is 0. The normalized spacial score (nSPS) is 22.1. The Balaban J connectivity index is 1.77. The molecule has 3 nitrogen and oxygen atoms in total. The molecule has 1 unspecified atom stereocenters. The number of anilines is 1. The largest absolute Gasteiger partial charge is 0.389 e. The van der Waals surface area contributed by atoms with E-state index in [1.165, 1.54) is 43.7 Å². The Hall–Kier alpha value is -1.06. The van der Waals surface area contributed by atoms with Gasteiger partial charge in [-0.25, -0.2) is 0 Å². The van der Waals surface area contributed by atoms with E-state index in [-0.39, 0.29) is 6.10 Å². The summed E-state index contributed by atoms with van der Waals surface area (Å²) in [5.41, 5.74) is 3.87. The van der Waals surface area contributed by atoms with Crippen LogP contribution in [0.15, 0.2) is 18.2 Å². The fourth-order valence-corrected chi connectivity index (χ4v) is 3.61. The summed E-state index contributed by atoms with van der Waals surface area (Å²) in [6, 6.07) is 7.17. The lowest BCUT2D eigenvalue weighted by molar-refractivity contribution is 0.199. The summed E-state index contributed by atoms with van der Waals surface area (Å²) in [4.78, 5) is 5.13. The van der Waals surface area contributed by atoms with Crippen LogP contribution in [-0.4, -0.2) is 42.2 Å². The first-order valence-corrected chi connectivity index (χ1v) is 7.99.